The van der Waals surface area contributed by atoms with Gasteiger partial charge in [-0.2, -0.15) is 0 Å². The van der Waals surface area contributed by atoms with Crippen molar-refractivity contribution in [3.8, 4) is 22.5 Å². The molecule has 4 aliphatic carbocycles. The van der Waals surface area contributed by atoms with Gasteiger partial charge in [0.15, 0.2) is 0 Å². The monoisotopic (exact) mass is 705 g/mol. The van der Waals surface area contributed by atoms with Crippen LogP contribution in [0, 0.1) is 17.5 Å². The van der Waals surface area contributed by atoms with E-state index in [0.717, 1.165) is 28.8 Å². The molecule has 0 unspecified atom stereocenters. The van der Waals surface area contributed by atoms with Crippen molar-refractivity contribution in [2.75, 3.05) is 0 Å². The third-order valence-corrected chi connectivity index (χ3v) is 10.9. The van der Waals surface area contributed by atoms with Gasteiger partial charge in [0.05, 0.1) is 0 Å². The van der Waals surface area contributed by atoms with Crippen LogP contribution < -0.4 is 0 Å². The largest absolute Gasteiger partial charge is 0.305 e. The molecular weight excluding hydrogens is 665 g/mol. The Hall–Kier alpha value is -2.61. The summed E-state index contributed by atoms with van der Waals surface area (Å²) in [4.78, 5) is 9.11. The van der Waals surface area contributed by atoms with Crippen LogP contribution in [-0.4, -0.2) is 9.97 Å². The van der Waals surface area contributed by atoms with E-state index in [-0.39, 0.29) is 36.4 Å². The first-order valence-corrected chi connectivity index (χ1v) is 14.6. The molecule has 2 bridgehead atoms. The molecule has 1 radical (unpaired) electrons. The van der Waals surface area contributed by atoms with E-state index in [0.29, 0.717) is 0 Å². The first kappa shape index (κ1) is 28.9. The molecule has 2 aromatic carbocycles. The molecule has 40 heavy (non-hydrogen) atoms. The summed E-state index contributed by atoms with van der Waals surface area (Å²) < 4.78 is 0. The summed E-state index contributed by atoms with van der Waals surface area (Å²) in [5.74, 6) is 1.52. The maximum Gasteiger partial charge on any atom is 0.0198 e. The van der Waals surface area contributed by atoms with Gasteiger partial charge >= 0.3 is 0 Å². The molecule has 4 aliphatic rings. The van der Waals surface area contributed by atoms with Crippen molar-refractivity contribution in [1.82, 2.24) is 9.97 Å². The van der Waals surface area contributed by atoms with Crippen LogP contribution in [0.3, 0.4) is 0 Å². The van der Waals surface area contributed by atoms with Gasteiger partial charge in [-0.3, -0.25) is 0 Å². The summed E-state index contributed by atoms with van der Waals surface area (Å²) >= 11 is 0. The zero-order valence-corrected chi connectivity index (χ0v) is 27.0. The van der Waals surface area contributed by atoms with Crippen molar-refractivity contribution in [2.45, 2.75) is 89.9 Å². The maximum absolute atomic E-state index is 4.90. The van der Waals surface area contributed by atoms with E-state index in [1.54, 1.807) is 11.8 Å². The predicted octanol–water partition coefficient (Wildman–Crippen LogP) is 9.44. The number of fused-ring (bicyclic) bond motifs is 3. The summed E-state index contributed by atoms with van der Waals surface area (Å²) in [6.45, 7) is 14.4. The van der Waals surface area contributed by atoms with Gasteiger partial charge in [-0.1, -0.05) is 59.7 Å². The molecule has 8 rings (SSSR count). The number of rotatable bonds is 2. The minimum absolute atomic E-state index is 0. The Kier molecular flexibility index (Phi) is 7.70. The number of hydrogen-bond donors (Lipinski definition) is 0. The molecule has 0 spiro atoms. The average molecular weight is 705 g/mol. The van der Waals surface area contributed by atoms with Crippen molar-refractivity contribution in [2.24, 2.45) is 5.41 Å². The van der Waals surface area contributed by atoms with E-state index in [4.69, 9.17) is 4.98 Å². The second-order valence-electron chi connectivity index (χ2n) is 13.3. The zero-order valence-electron chi connectivity index (χ0n) is 24.6. The van der Waals surface area contributed by atoms with Crippen LogP contribution in [0.15, 0.2) is 73.1 Å². The van der Waals surface area contributed by atoms with Gasteiger partial charge in [0.25, 0.3) is 0 Å². The van der Waals surface area contributed by atoms with Crippen molar-refractivity contribution in [3.05, 3.63) is 107 Å². The van der Waals surface area contributed by atoms with Crippen LogP contribution in [-0.2, 0) is 30.9 Å². The predicted molar refractivity (Wildman–Crippen MR) is 161 cm³/mol. The minimum atomic E-state index is 0. The topological polar surface area (TPSA) is 25.8 Å². The van der Waals surface area contributed by atoms with E-state index in [9.17, 15) is 0 Å². The number of hydrogen-bond acceptors (Lipinski definition) is 2. The summed E-state index contributed by atoms with van der Waals surface area (Å²) in [7, 11) is 0. The Morgan fingerprint density at radius 2 is 1.35 bits per heavy atom. The number of nitrogens with zero attached hydrogens (tertiary/aromatic N) is 2. The molecule has 3 heteroatoms. The van der Waals surface area contributed by atoms with Gasteiger partial charge in [0, 0.05) is 32.5 Å². The summed E-state index contributed by atoms with van der Waals surface area (Å²) in [5.41, 5.74) is 10.8. The molecule has 0 atom stereocenters. The second kappa shape index (κ2) is 10.7. The van der Waals surface area contributed by atoms with Crippen LogP contribution in [0.2, 0.25) is 0 Å². The van der Waals surface area contributed by atoms with Gasteiger partial charge < -0.3 is 9.97 Å². The van der Waals surface area contributed by atoms with E-state index in [1.165, 1.54) is 47.9 Å². The molecule has 2 nitrogen and oxygen atoms in total. The summed E-state index contributed by atoms with van der Waals surface area (Å²) in [6, 6.07) is 27.5. The SMILES string of the molecule is CC1(C)c2c[c-]c(-c3cc4c(cn3)C3CCC4CC3)cc2C(C)(C)C1(C)C.[Ir].[c-]1ccccc1-c1ccccn1. The molecule has 1 saturated carbocycles. The van der Waals surface area contributed by atoms with Crippen LogP contribution in [0.1, 0.15) is 101 Å². The van der Waals surface area contributed by atoms with E-state index in [1.807, 2.05) is 42.5 Å². The molecule has 0 amide bonds. The Morgan fingerprint density at radius 1 is 0.675 bits per heavy atom. The molecular formula is C37H40IrN2-2. The fourth-order valence-electron chi connectivity index (χ4n) is 7.24. The van der Waals surface area contributed by atoms with Crippen molar-refractivity contribution < 1.29 is 20.1 Å². The van der Waals surface area contributed by atoms with Gasteiger partial charge in [0.2, 0.25) is 0 Å². The van der Waals surface area contributed by atoms with Gasteiger partial charge in [-0.15, -0.1) is 70.8 Å². The fourth-order valence-corrected chi connectivity index (χ4v) is 7.24. The normalized spacial score (nSPS) is 22.2. The first-order valence-electron chi connectivity index (χ1n) is 14.6. The molecule has 0 N–H and O–H groups in total. The van der Waals surface area contributed by atoms with Crippen molar-refractivity contribution in [3.63, 3.8) is 0 Å². The van der Waals surface area contributed by atoms with Crippen LogP contribution in [0.5, 0.6) is 0 Å². The average Bonchev–Trinajstić information content (AvgIpc) is 3.08. The maximum atomic E-state index is 4.90. The minimum Gasteiger partial charge on any atom is -0.305 e. The van der Waals surface area contributed by atoms with E-state index in [2.05, 4.69) is 83.1 Å². The standard InChI is InChI=1S/C26H32N.C11H8N.Ir/c1-24(2)21-12-11-18(13-22(21)25(3,4)26(24,5)6)23-14-19-16-7-9-17(10-8-16)20(19)15-27-23;1-2-6-10(7-3-1)11-8-4-5-9-12-11;/h12-17H,7-10H2,1-6H3;1-6,8-9H;/q2*-1;. The smallest absolute Gasteiger partial charge is 0.0198 e. The van der Waals surface area contributed by atoms with Gasteiger partial charge in [-0.05, 0) is 82.3 Å². The summed E-state index contributed by atoms with van der Waals surface area (Å²) in [5, 5.41) is 0. The molecule has 0 saturated heterocycles. The Morgan fingerprint density at radius 3 is 2.00 bits per heavy atom. The Balaban J connectivity index is 0.000000209. The van der Waals surface area contributed by atoms with E-state index >= 15 is 0 Å². The van der Waals surface area contributed by atoms with Gasteiger partial charge in [-0.25, -0.2) is 0 Å². The molecule has 2 heterocycles. The molecule has 209 valence electrons. The third-order valence-electron chi connectivity index (χ3n) is 10.9. The Labute approximate surface area is 254 Å². The number of pyridine rings is 2. The molecule has 0 aliphatic heterocycles. The second-order valence-corrected chi connectivity index (χ2v) is 13.3. The van der Waals surface area contributed by atoms with Crippen molar-refractivity contribution >= 4 is 0 Å². The molecule has 2 aromatic heterocycles. The fraction of sp³-hybridized carbons (Fsp3) is 0.405. The quantitative estimate of drug-likeness (QED) is 0.195. The van der Waals surface area contributed by atoms with Crippen LogP contribution >= 0.6 is 0 Å². The van der Waals surface area contributed by atoms with Crippen molar-refractivity contribution in [1.29, 1.82) is 0 Å². The number of aromatic nitrogens is 2. The molecule has 4 aromatic rings. The molecule has 1 fully saturated rings. The summed E-state index contributed by atoms with van der Waals surface area (Å²) in [6.07, 6.45) is 9.43. The van der Waals surface area contributed by atoms with Crippen LogP contribution in [0.25, 0.3) is 22.5 Å². The number of benzene rings is 2. The third kappa shape index (κ3) is 4.60. The van der Waals surface area contributed by atoms with Crippen LogP contribution in [0.4, 0.5) is 0 Å². The van der Waals surface area contributed by atoms with E-state index < -0.39 is 0 Å². The Bertz CT molecular complexity index is 1440. The van der Waals surface area contributed by atoms with Gasteiger partial charge in [0.1, 0.15) is 0 Å². The first-order chi connectivity index (χ1) is 18.6. The zero-order chi connectivity index (χ0) is 27.4.